The maximum absolute atomic E-state index is 14.5. The Bertz CT molecular complexity index is 2640. The third-order valence-electron chi connectivity index (χ3n) is 11.0. The van der Waals surface area contributed by atoms with Crippen LogP contribution >= 0.6 is 34.9 Å². The van der Waals surface area contributed by atoms with Crippen molar-refractivity contribution in [3.05, 3.63) is 238 Å². The minimum absolute atomic E-state index is 0.105. The van der Waals surface area contributed by atoms with Gasteiger partial charge in [-0.15, -0.1) is 23.1 Å². The van der Waals surface area contributed by atoms with E-state index in [0.717, 1.165) is 32.7 Å². The number of aromatic nitrogens is 2. The Morgan fingerprint density at radius 1 is 0.797 bits per heavy atom. The van der Waals surface area contributed by atoms with Gasteiger partial charge in [-0.3, -0.25) is 19.5 Å². The highest BCUT2D eigenvalue weighted by molar-refractivity contribution is 8.02. The number of allylic oxidation sites excluding steroid dienone is 1. The van der Waals surface area contributed by atoms with Crippen LogP contribution in [0.3, 0.4) is 0 Å². The molecule has 3 N–H and O–H groups in total. The quantitative estimate of drug-likeness (QED) is 0.0396. The molecule has 2 unspecified atom stereocenters. The SMILES string of the molecule is O=C(OC(c1ccccc1)c1ccccc1)C1=C(C=CSc2cccnc2)CS[C@H]2C(NC(=O)C(O)c3csc(NC(c4ccccc4)(c4ccccc4)c4ccccc4)n3)C(=O)N12. The fourth-order valence-corrected chi connectivity index (χ4v) is 10.7. The molecule has 0 radical (unpaired) electrons. The van der Waals surface area contributed by atoms with E-state index in [9.17, 15) is 19.5 Å². The van der Waals surface area contributed by atoms with Gasteiger partial charge >= 0.3 is 5.97 Å². The second-order valence-corrected chi connectivity index (χ2v) is 17.9. The highest BCUT2D eigenvalue weighted by atomic mass is 32.2. The molecule has 4 heterocycles. The normalized spacial score (nSPS) is 16.5. The molecule has 13 heteroatoms. The number of thioether (sulfide) groups is 2. The number of esters is 1. The zero-order chi connectivity index (χ0) is 43.9. The fourth-order valence-electron chi connectivity index (χ4n) is 7.90. The van der Waals surface area contributed by atoms with Gasteiger partial charge in [-0.1, -0.05) is 163 Å². The Labute approximate surface area is 383 Å². The lowest BCUT2D eigenvalue weighted by atomic mass is 9.77. The van der Waals surface area contributed by atoms with Gasteiger partial charge in [0.25, 0.3) is 11.8 Å². The number of aliphatic hydroxyl groups is 1. The van der Waals surface area contributed by atoms with Gasteiger partial charge in [-0.2, -0.15) is 0 Å². The van der Waals surface area contributed by atoms with Crippen LogP contribution in [-0.2, 0) is 24.7 Å². The van der Waals surface area contributed by atoms with Crippen LogP contribution in [0.2, 0.25) is 0 Å². The summed E-state index contributed by atoms with van der Waals surface area (Å²) in [6, 6.07) is 51.8. The first kappa shape index (κ1) is 42.5. The number of rotatable bonds is 15. The van der Waals surface area contributed by atoms with Gasteiger partial charge in [0, 0.05) is 28.4 Å². The van der Waals surface area contributed by atoms with Crippen LogP contribution in [0.1, 0.15) is 45.7 Å². The number of benzene rings is 5. The van der Waals surface area contributed by atoms with Crippen LogP contribution in [0, 0.1) is 0 Å². The molecule has 2 aromatic heterocycles. The molecular formula is C51H41N5O5S3. The van der Waals surface area contributed by atoms with Crippen molar-refractivity contribution in [2.45, 2.75) is 34.1 Å². The molecule has 0 spiro atoms. The van der Waals surface area contributed by atoms with Crippen LogP contribution in [0.25, 0.3) is 0 Å². The summed E-state index contributed by atoms with van der Waals surface area (Å²) in [6.45, 7) is 0. The van der Waals surface area contributed by atoms with Crippen molar-refractivity contribution in [2.24, 2.45) is 0 Å². The van der Waals surface area contributed by atoms with E-state index in [-0.39, 0.29) is 11.4 Å². The maximum Gasteiger partial charge on any atom is 0.356 e. The summed E-state index contributed by atoms with van der Waals surface area (Å²) in [7, 11) is 0. The van der Waals surface area contributed by atoms with E-state index in [4.69, 9.17) is 9.72 Å². The number of carbonyl (C=O) groups excluding carboxylic acids is 3. The average molecular weight is 900 g/mol. The molecule has 64 heavy (non-hydrogen) atoms. The van der Waals surface area contributed by atoms with E-state index in [1.807, 2.05) is 139 Å². The molecule has 0 saturated carbocycles. The zero-order valence-electron chi connectivity index (χ0n) is 34.1. The molecule has 2 aliphatic heterocycles. The summed E-state index contributed by atoms with van der Waals surface area (Å²) in [5, 5.41) is 21.3. The third-order valence-corrected chi connectivity index (χ3v) is 13.9. The Kier molecular flexibility index (Phi) is 12.8. The second kappa shape index (κ2) is 19.3. The molecule has 7 aromatic rings. The molecule has 2 amide bonds. The van der Waals surface area contributed by atoms with Gasteiger partial charge in [0.1, 0.15) is 22.7 Å². The zero-order valence-corrected chi connectivity index (χ0v) is 36.6. The van der Waals surface area contributed by atoms with E-state index in [1.54, 1.807) is 17.8 Å². The van der Waals surface area contributed by atoms with Crippen LogP contribution in [0.15, 0.2) is 209 Å². The van der Waals surface area contributed by atoms with E-state index in [0.29, 0.717) is 16.5 Å². The Balaban J connectivity index is 0.957. The maximum atomic E-state index is 14.5. The number of nitrogens with zero attached hydrogens (tertiary/aromatic N) is 3. The van der Waals surface area contributed by atoms with Crippen molar-refractivity contribution >= 4 is 57.8 Å². The van der Waals surface area contributed by atoms with Crippen LogP contribution in [0.4, 0.5) is 5.13 Å². The lowest BCUT2D eigenvalue weighted by Gasteiger charge is -2.49. The standard InChI is InChI=1S/C51H41N5O5S3/c57-44(41-33-64-50(53-41)55-51(37-21-10-3-11-22-37,38-23-12-4-13-24-38)39-25-14-5-15-26-39)46(58)54-42-47(59)56-43(36(32-63-48(42)56)28-30-62-40-27-16-29-52-31-40)49(60)61-45(34-17-6-1-7-18-34)35-19-8-2-9-20-35/h1-31,33,42,44-45,48,57H,32H2,(H,53,55)(H,54,58)/t42?,44?,48-/m0/s1. The molecule has 1 saturated heterocycles. The van der Waals surface area contributed by atoms with Gasteiger partial charge in [0.15, 0.2) is 17.3 Å². The number of amides is 2. The second-order valence-electron chi connectivity index (χ2n) is 14.9. The lowest BCUT2D eigenvalue weighted by Crippen LogP contribution is -2.70. The number of fused-ring (bicyclic) bond motifs is 1. The topological polar surface area (TPSA) is 134 Å². The minimum atomic E-state index is -1.68. The first-order valence-corrected chi connectivity index (χ1v) is 23.3. The molecule has 2 aliphatic rings. The molecule has 5 aromatic carbocycles. The predicted molar refractivity (Wildman–Crippen MR) is 252 cm³/mol. The van der Waals surface area contributed by atoms with Crippen molar-refractivity contribution in [3.63, 3.8) is 0 Å². The molecule has 318 valence electrons. The number of thiazole rings is 1. The molecule has 0 aliphatic carbocycles. The molecular weight excluding hydrogens is 859 g/mol. The Morgan fingerprint density at radius 2 is 1.36 bits per heavy atom. The van der Waals surface area contributed by atoms with Gasteiger partial charge in [0.2, 0.25) is 0 Å². The number of carbonyl (C=O) groups is 3. The number of pyridine rings is 1. The van der Waals surface area contributed by atoms with Crippen LogP contribution in [0.5, 0.6) is 0 Å². The first-order valence-electron chi connectivity index (χ1n) is 20.5. The summed E-state index contributed by atoms with van der Waals surface area (Å²) < 4.78 is 6.30. The number of hydrogen-bond acceptors (Lipinski definition) is 11. The molecule has 9 rings (SSSR count). The summed E-state index contributed by atoms with van der Waals surface area (Å²) in [6.07, 6.45) is 2.83. The van der Waals surface area contributed by atoms with Crippen molar-refractivity contribution < 1.29 is 24.2 Å². The van der Waals surface area contributed by atoms with E-state index in [2.05, 4.69) is 52.0 Å². The minimum Gasteiger partial charge on any atom is -0.448 e. The van der Waals surface area contributed by atoms with E-state index < -0.39 is 46.9 Å². The highest BCUT2D eigenvalue weighted by Crippen LogP contribution is 2.44. The van der Waals surface area contributed by atoms with Gasteiger partial charge < -0.3 is 20.5 Å². The molecule has 10 nitrogen and oxygen atoms in total. The average Bonchev–Trinajstić information content (AvgIpc) is 3.83. The van der Waals surface area contributed by atoms with Crippen LogP contribution < -0.4 is 10.6 Å². The van der Waals surface area contributed by atoms with Gasteiger partial charge in [-0.25, -0.2) is 9.78 Å². The number of nitrogens with one attached hydrogen (secondary N) is 2. The number of ether oxygens (including phenoxy) is 1. The molecule has 1 fully saturated rings. The first-order chi connectivity index (χ1) is 31.4. The molecule has 3 atom stereocenters. The van der Waals surface area contributed by atoms with Gasteiger partial charge in [0.05, 0.1) is 5.69 Å². The van der Waals surface area contributed by atoms with E-state index >= 15 is 0 Å². The van der Waals surface area contributed by atoms with E-state index in [1.165, 1.54) is 39.8 Å². The Hall–Kier alpha value is -6.77. The molecule has 0 bridgehead atoms. The largest absolute Gasteiger partial charge is 0.448 e. The van der Waals surface area contributed by atoms with Crippen molar-refractivity contribution in [1.82, 2.24) is 20.2 Å². The lowest BCUT2D eigenvalue weighted by molar-refractivity contribution is -0.155. The van der Waals surface area contributed by atoms with Crippen molar-refractivity contribution in [2.75, 3.05) is 11.1 Å². The monoisotopic (exact) mass is 899 g/mol. The summed E-state index contributed by atoms with van der Waals surface area (Å²) in [5.41, 5.74) is 4.42. The number of hydrogen-bond donors (Lipinski definition) is 3. The van der Waals surface area contributed by atoms with Crippen LogP contribution in [-0.4, -0.2) is 54.9 Å². The third kappa shape index (κ3) is 8.75. The van der Waals surface area contributed by atoms with Gasteiger partial charge in [-0.05, 0) is 57.0 Å². The fraction of sp³-hybridized carbons (Fsp3) is 0.118. The summed E-state index contributed by atoms with van der Waals surface area (Å²) in [4.78, 5) is 53.6. The Morgan fingerprint density at radius 3 is 1.91 bits per heavy atom. The number of anilines is 1. The number of aliphatic hydroxyl groups excluding tert-OH is 1. The van der Waals surface area contributed by atoms with Crippen molar-refractivity contribution in [1.29, 1.82) is 0 Å². The smallest absolute Gasteiger partial charge is 0.356 e. The number of β-lactam (4-membered cyclic amide) rings is 1. The highest BCUT2D eigenvalue weighted by Gasteiger charge is 2.55. The summed E-state index contributed by atoms with van der Waals surface area (Å²) in [5.74, 6) is -1.60. The summed E-state index contributed by atoms with van der Waals surface area (Å²) >= 11 is 4.11. The van der Waals surface area contributed by atoms with Crippen molar-refractivity contribution in [3.8, 4) is 0 Å². The predicted octanol–water partition coefficient (Wildman–Crippen LogP) is 9.27.